The van der Waals surface area contributed by atoms with Crippen LogP contribution in [0.15, 0.2) is 47.4 Å². The molecule has 0 radical (unpaired) electrons. The Morgan fingerprint density at radius 3 is 2.67 bits per heavy atom. The van der Waals surface area contributed by atoms with E-state index in [0.717, 1.165) is 22.7 Å². The summed E-state index contributed by atoms with van der Waals surface area (Å²) in [5.74, 6) is 0.801. The standard InChI is InChI=1S/C16H18N2OS2/c1-11-7-8-13(19-2)10-15(11)18-16(20)17-12-5-4-6-14(9-12)21-3/h4-10H,1-3H3,(H2,17,18,20). The van der Waals surface area contributed by atoms with Gasteiger partial charge < -0.3 is 15.4 Å². The third-order valence-corrected chi connectivity index (χ3v) is 3.95. The van der Waals surface area contributed by atoms with Crippen molar-refractivity contribution in [2.75, 3.05) is 24.0 Å². The van der Waals surface area contributed by atoms with Crippen molar-refractivity contribution in [1.82, 2.24) is 0 Å². The van der Waals surface area contributed by atoms with Crippen LogP contribution in [0.5, 0.6) is 5.75 Å². The lowest BCUT2D eigenvalue weighted by Gasteiger charge is -2.14. The van der Waals surface area contributed by atoms with Crippen molar-refractivity contribution in [3.05, 3.63) is 48.0 Å². The van der Waals surface area contributed by atoms with E-state index < -0.39 is 0 Å². The predicted molar refractivity (Wildman–Crippen MR) is 95.8 cm³/mol. The van der Waals surface area contributed by atoms with Crippen LogP contribution in [0.4, 0.5) is 11.4 Å². The van der Waals surface area contributed by atoms with E-state index in [1.54, 1.807) is 18.9 Å². The van der Waals surface area contributed by atoms with Crippen molar-refractivity contribution >= 4 is 40.5 Å². The minimum Gasteiger partial charge on any atom is -0.497 e. The maximum absolute atomic E-state index is 5.37. The van der Waals surface area contributed by atoms with Gasteiger partial charge in [-0.05, 0) is 55.2 Å². The van der Waals surface area contributed by atoms with Gasteiger partial charge in [-0.15, -0.1) is 11.8 Å². The number of rotatable bonds is 4. The summed E-state index contributed by atoms with van der Waals surface area (Å²) < 4.78 is 5.23. The molecule has 0 fully saturated rings. The van der Waals surface area contributed by atoms with E-state index in [2.05, 4.69) is 29.0 Å². The second kappa shape index (κ2) is 7.33. The van der Waals surface area contributed by atoms with Crippen LogP contribution in [0.25, 0.3) is 0 Å². The highest BCUT2D eigenvalue weighted by molar-refractivity contribution is 7.98. The molecule has 2 N–H and O–H groups in total. The fraction of sp³-hybridized carbons (Fsp3) is 0.188. The molecule has 0 saturated carbocycles. The lowest BCUT2D eigenvalue weighted by atomic mass is 10.2. The molecule has 0 amide bonds. The van der Waals surface area contributed by atoms with Crippen molar-refractivity contribution < 1.29 is 4.74 Å². The Morgan fingerprint density at radius 2 is 1.95 bits per heavy atom. The van der Waals surface area contributed by atoms with Crippen LogP contribution in [0.3, 0.4) is 0 Å². The molecule has 21 heavy (non-hydrogen) atoms. The first-order chi connectivity index (χ1) is 10.1. The van der Waals surface area contributed by atoms with Crippen LogP contribution in [0.2, 0.25) is 0 Å². The molecule has 0 atom stereocenters. The van der Waals surface area contributed by atoms with Gasteiger partial charge in [-0.3, -0.25) is 0 Å². The number of hydrogen-bond acceptors (Lipinski definition) is 3. The molecule has 0 aliphatic rings. The van der Waals surface area contributed by atoms with Gasteiger partial charge in [0.05, 0.1) is 7.11 Å². The fourth-order valence-electron chi connectivity index (χ4n) is 1.85. The molecule has 3 nitrogen and oxygen atoms in total. The number of thiocarbonyl (C=S) groups is 1. The maximum Gasteiger partial charge on any atom is 0.175 e. The summed E-state index contributed by atoms with van der Waals surface area (Å²) in [6.07, 6.45) is 2.05. The molecule has 2 aromatic carbocycles. The molecule has 0 saturated heterocycles. The summed E-state index contributed by atoms with van der Waals surface area (Å²) in [5, 5.41) is 6.96. The summed E-state index contributed by atoms with van der Waals surface area (Å²) in [6, 6.07) is 14.0. The number of ether oxygens (including phenoxy) is 1. The van der Waals surface area contributed by atoms with Crippen molar-refractivity contribution in [2.24, 2.45) is 0 Å². The lowest BCUT2D eigenvalue weighted by Crippen LogP contribution is -2.19. The monoisotopic (exact) mass is 318 g/mol. The normalized spacial score (nSPS) is 10.0. The number of aryl methyl sites for hydroxylation is 1. The minimum absolute atomic E-state index is 0.560. The van der Waals surface area contributed by atoms with Crippen LogP contribution in [0, 0.1) is 6.92 Å². The van der Waals surface area contributed by atoms with E-state index in [1.807, 2.05) is 37.3 Å². The minimum atomic E-state index is 0.560. The summed E-state index contributed by atoms with van der Waals surface area (Å²) in [5.41, 5.74) is 3.02. The van der Waals surface area contributed by atoms with Gasteiger partial charge >= 0.3 is 0 Å². The Kier molecular flexibility index (Phi) is 5.47. The van der Waals surface area contributed by atoms with Gasteiger partial charge in [0, 0.05) is 22.3 Å². The van der Waals surface area contributed by atoms with E-state index in [9.17, 15) is 0 Å². The fourth-order valence-corrected chi connectivity index (χ4v) is 2.54. The predicted octanol–water partition coefficient (Wildman–Crippen LogP) is 4.53. The average molecular weight is 318 g/mol. The molecule has 0 aromatic heterocycles. The average Bonchev–Trinajstić information content (AvgIpc) is 2.49. The Morgan fingerprint density at radius 1 is 1.14 bits per heavy atom. The van der Waals surface area contributed by atoms with Gasteiger partial charge in [0.25, 0.3) is 0 Å². The number of hydrogen-bond donors (Lipinski definition) is 2. The molecule has 0 heterocycles. The first kappa shape index (κ1) is 15.7. The smallest absolute Gasteiger partial charge is 0.175 e. The van der Waals surface area contributed by atoms with E-state index in [-0.39, 0.29) is 0 Å². The number of benzene rings is 2. The van der Waals surface area contributed by atoms with Crippen LogP contribution in [0.1, 0.15) is 5.56 Å². The molecular weight excluding hydrogens is 300 g/mol. The molecule has 0 unspecified atom stereocenters. The van der Waals surface area contributed by atoms with Gasteiger partial charge in [-0.2, -0.15) is 0 Å². The molecular formula is C16H18N2OS2. The highest BCUT2D eigenvalue weighted by atomic mass is 32.2. The van der Waals surface area contributed by atoms with Gasteiger partial charge in [-0.1, -0.05) is 12.1 Å². The van der Waals surface area contributed by atoms with E-state index in [0.29, 0.717) is 5.11 Å². The number of anilines is 2. The van der Waals surface area contributed by atoms with Crippen molar-refractivity contribution in [1.29, 1.82) is 0 Å². The first-order valence-corrected chi connectivity index (χ1v) is 8.12. The first-order valence-electron chi connectivity index (χ1n) is 6.49. The van der Waals surface area contributed by atoms with Gasteiger partial charge in [0.2, 0.25) is 0 Å². The van der Waals surface area contributed by atoms with Crippen LogP contribution < -0.4 is 15.4 Å². The molecule has 0 aliphatic carbocycles. The second-order valence-corrected chi connectivity index (χ2v) is 5.78. The van der Waals surface area contributed by atoms with Crippen molar-refractivity contribution in [2.45, 2.75) is 11.8 Å². The van der Waals surface area contributed by atoms with Crippen LogP contribution >= 0.6 is 24.0 Å². The quantitative estimate of drug-likeness (QED) is 0.639. The molecule has 0 bridgehead atoms. The molecule has 2 rings (SSSR count). The largest absolute Gasteiger partial charge is 0.497 e. The van der Waals surface area contributed by atoms with Crippen molar-refractivity contribution in [3.63, 3.8) is 0 Å². The van der Waals surface area contributed by atoms with E-state index in [1.165, 1.54) is 4.90 Å². The van der Waals surface area contributed by atoms with Crippen molar-refractivity contribution in [3.8, 4) is 5.75 Å². The van der Waals surface area contributed by atoms with Crippen LogP contribution in [-0.2, 0) is 0 Å². The number of methoxy groups -OCH3 is 1. The molecule has 2 aromatic rings. The highest BCUT2D eigenvalue weighted by Crippen LogP contribution is 2.23. The van der Waals surface area contributed by atoms with Gasteiger partial charge in [0.15, 0.2) is 5.11 Å². The summed E-state index contributed by atoms with van der Waals surface area (Å²) in [4.78, 5) is 1.19. The maximum atomic E-state index is 5.37. The Labute approximate surface area is 135 Å². The third kappa shape index (κ3) is 4.37. The van der Waals surface area contributed by atoms with E-state index >= 15 is 0 Å². The zero-order chi connectivity index (χ0) is 15.2. The molecule has 110 valence electrons. The number of nitrogens with one attached hydrogen (secondary N) is 2. The molecule has 5 heteroatoms. The summed E-state index contributed by atoms with van der Waals surface area (Å²) in [7, 11) is 1.65. The second-order valence-electron chi connectivity index (χ2n) is 4.49. The topological polar surface area (TPSA) is 33.3 Å². The van der Waals surface area contributed by atoms with Gasteiger partial charge in [-0.25, -0.2) is 0 Å². The summed E-state index contributed by atoms with van der Waals surface area (Å²) >= 11 is 7.07. The number of thioether (sulfide) groups is 1. The Hall–Kier alpha value is -1.72. The lowest BCUT2D eigenvalue weighted by molar-refractivity contribution is 0.415. The van der Waals surface area contributed by atoms with Crippen LogP contribution in [-0.4, -0.2) is 18.5 Å². The summed E-state index contributed by atoms with van der Waals surface area (Å²) in [6.45, 7) is 2.03. The Balaban J connectivity index is 2.07. The SMILES string of the molecule is COc1ccc(C)c(NC(=S)Nc2cccc(SC)c2)c1. The third-order valence-electron chi connectivity index (χ3n) is 3.02. The molecule has 0 aliphatic heterocycles. The van der Waals surface area contributed by atoms with E-state index in [4.69, 9.17) is 17.0 Å². The van der Waals surface area contributed by atoms with Gasteiger partial charge in [0.1, 0.15) is 5.75 Å². The zero-order valence-corrected chi connectivity index (χ0v) is 13.9. The zero-order valence-electron chi connectivity index (χ0n) is 12.3. The molecule has 0 spiro atoms. The Bertz CT molecular complexity index is 644. The highest BCUT2D eigenvalue weighted by Gasteiger charge is 2.04.